The number of aromatic nitrogens is 3. The van der Waals surface area contributed by atoms with Crippen molar-refractivity contribution in [1.82, 2.24) is 14.8 Å². The topological polar surface area (TPSA) is 59.8 Å². The highest BCUT2D eigenvalue weighted by atomic mass is 35.5. The van der Waals surface area contributed by atoms with E-state index >= 15 is 0 Å². The number of anilines is 1. The fourth-order valence-corrected chi connectivity index (χ4v) is 4.83. The third kappa shape index (κ3) is 6.62. The number of halogens is 1. The number of benzene rings is 3. The monoisotopic (exact) mass is 532 g/mol. The number of nitrogens with one attached hydrogen (secondary N) is 1. The molecule has 1 N–H and O–H groups in total. The number of carbonyl (C=O) groups is 1. The summed E-state index contributed by atoms with van der Waals surface area (Å²) in [7, 11) is 0. The molecule has 1 amide bonds. The van der Waals surface area contributed by atoms with Crippen LogP contribution in [0.3, 0.4) is 0 Å². The Morgan fingerprint density at radius 3 is 2.22 bits per heavy atom. The van der Waals surface area contributed by atoms with E-state index in [2.05, 4.69) is 86.5 Å². The number of amides is 1. The minimum absolute atomic E-state index is 0.0608. The van der Waals surface area contributed by atoms with Gasteiger partial charge in [-0.2, -0.15) is 0 Å². The first-order valence-corrected chi connectivity index (χ1v) is 13.9. The first kappa shape index (κ1) is 27.0. The second-order valence-electron chi connectivity index (χ2n) is 10.2. The lowest BCUT2D eigenvalue weighted by Crippen LogP contribution is -2.14. The Morgan fingerprint density at radius 2 is 1.62 bits per heavy atom. The maximum Gasteiger partial charge on any atom is 0.234 e. The van der Waals surface area contributed by atoms with Crippen molar-refractivity contribution < 1.29 is 4.79 Å². The van der Waals surface area contributed by atoms with Gasteiger partial charge in [-0.15, -0.1) is 10.2 Å². The minimum Gasteiger partial charge on any atom is -0.325 e. The van der Waals surface area contributed by atoms with Crippen LogP contribution in [0.4, 0.5) is 5.69 Å². The lowest BCUT2D eigenvalue weighted by molar-refractivity contribution is -0.113. The molecule has 7 heteroatoms. The van der Waals surface area contributed by atoms with Gasteiger partial charge in [-0.25, -0.2) is 0 Å². The number of hydrogen-bond donors (Lipinski definition) is 1. The van der Waals surface area contributed by atoms with Gasteiger partial charge >= 0.3 is 0 Å². The number of rotatable bonds is 8. The molecule has 0 aliphatic carbocycles. The summed E-state index contributed by atoms with van der Waals surface area (Å²) in [6, 6.07) is 24.0. The quantitative estimate of drug-likeness (QED) is 0.233. The van der Waals surface area contributed by atoms with Crippen molar-refractivity contribution in [3.8, 4) is 17.1 Å². The largest absolute Gasteiger partial charge is 0.325 e. The first-order valence-electron chi connectivity index (χ1n) is 12.5. The van der Waals surface area contributed by atoms with E-state index in [1.807, 2.05) is 41.0 Å². The predicted molar refractivity (Wildman–Crippen MR) is 155 cm³/mol. The molecule has 3 aromatic carbocycles. The van der Waals surface area contributed by atoms with E-state index < -0.39 is 0 Å². The molecule has 0 aliphatic rings. The Labute approximate surface area is 228 Å². The van der Waals surface area contributed by atoms with Crippen LogP contribution in [-0.2, 0) is 10.2 Å². The number of carbonyl (C=O) groups excluding carboxylic acids is 1. The third-order valence-corrected chi connectivity index (χ3v) is 7.62. The maximum atomic E-state index is 12.8. The van der Waals surface area contributed by atoms with E-state index in [-0.39, 0.29) is 17.1 Å². The lowest BCUT2D eigenvalue weighted by Gasteiger charge is -2.19. The summed E-state index contributed by atoms with van der Waals surface area (Å²) in [5, 5.41) is 13.2. The lowest BCUT2D eigenvalue weighted by atomic mass is 9.87. The van der Waals surface area contributed by atoms with Crippen molar-refractivity contribution in [3.05, 3.63) is 88.9 Å². The van der Waals surface area contributed by atoms with E-state index in [1.54, 1.807) is 0 Å². The van der Waals surface area contributed by atoms with Crippen LogP contribution in [0.1, 0.15) is 58.1 Å². The molecule has 5 nitrogen and oxygen atoms in total. The molecule has 0 unspecified atom stereocenters. The van der Waals surface area contributed by atoms with Crippen LogP contribution in [0.5, 0.6) is 0 Å². The Balaban J connectivity index is 1.55. The zero-order valence-corrected chi connectivity index (χ0v) is 23.5. The molecule has 4 aromatic rings. The first-order chi connectivity index (χ1) is 17.7. The van der Waals surface area contributed by atoms with Gasteiger partial charge < -0.3 is 5.32 Å². The molecule has 37 heavy (non-hydrogen) atoms. The number of hydrogen-bond acceptors (Lipinski definition) is 4. The van der Waals surface area contributed by atoms with Crippen molar-refractivity contribution in [1.29, 1.82) is 0 Å². The number of nitrogens with zero attached hydrogens (tertiary/aromatic N) is 3. The second kappa shape index (κ2) is 11.5. The van der Waals surface area contributed by atoms with Crippen molar-refractivity contribution in [3.63, 3.8) is 0 Å². The molecule has 0 spiro atoms. The molecule has 4 rings (SSSR count). The van der Waals surface area contributed by atoms with Gasteiger partial charge in [-0.1, -0.05) is 94.4 Å². The Hall–Kier alpha value is -3.09. The van der Waals surface area contributed by atoms with Gasteiger partial charge in [0.1, 0.15) is 0 Å². The smallest absolute Gasteiger partial charge is 0.234 e. The van der Waals surface area contributed by atoms with Gasteiger partial charge in [-0.3, -0.25) is 9.36 Å². The molecule has 0 saturated heterocycles. The third-order valence-electron chi connectivity index (χ3n) is 6.44. The molecule has 1 atom stereocenters. The Morgan fingerprint density at radius 1 is 0.973 bits per heavy atom. The van der Waals surface area contributed by atoms with Gasteiger partial charge in [0, 0.05) is 22.0 Å². The van der Waals surface area contributed by atoms with Gasteiger partial charge in [0.25, 0.3) is 0 Å². The summed E-state index contributed by atoms with van der Waals surface area (Å²) in [5.41, 5.74) is 5.20. The minimum atomic E-state index is -0.0944. The van der Waals surface area contributed by atoms with Gasteiger partial charge in [-0.05, 0) is 65.3 Å². The van der Waals surface area contributed by atoms with Crippen molar-refractivity contribution in [2.75, 3.05) is 11.1 Å². The average molecular weight is 533 g/mol. The second-order valence-corrected chi connectivity index (χ2v) is 11.6. The van der Waals surface area contributed by atoms with Crippen LogP contribution in [0.2, 0.25) is 5.02 Å². The standard InChI is InChI=1S/C30H33ClN4OS/c1-6-20(2)21-9-15-25(16-10-21)32-27(36)19-37-29-34-33-28(35(29)26-17-13-24(31)14-18-26)22-7-11-23(12-8-22)30(3,4)5/h7-18,20H,6,19H2,1-5H3,(H,32,36)/t20-/m1/s1. The zero-order chi connectivity index (χ0) is 26.6. The van der Waals surface area contributed by atoms with Crippen LogP contribution in [0.15, 0.2) is 78.0 Å². The van der Waals surface area contributed by atoms with Crippen molar-refractivity contribution in [2.45, 2.75) is 57.5 Å². The molecule has 1 aromatic heterocycles. The molecular formula is C30H33ClN4OS. The van der Waals surface area contributed by atoms with Crippen LogP contribution >= 0.6 is 23.4 Å². The Kier molecular flexibility index (Phi) is 8.40. The maximum absolute atomic E-state index is 12.8. The van der Waals surface area contributed by atoms with Crippen LogP contribution in [-0.4, -0.2) is 26.4 Å². The molecule has 0 saturated carbocycles. The van der Waals surface area contributed by atoms with Gasteiger partial charge in [0.15, 0.2) is 11.0 Å². The summed E-state index contributed by atoms with van der Waals surface area (Å²) >= 11 is 7.50. The fourth-order valence-electron chi connectivity index (χ4n) is 3.95. The molecular weight excluding hydrogens is 500 g/mol. The van der Waals surface area contributed by atoms with Crippen molar-refractivity contribution >= 4 is 35.0 Å². The van der Waals surface area contributed by atoms with Crippen LogP contribution in [0, 0.1) is 0 Å². The fraction of sp³-hybridized carbons (Fsp3) is 0.300. The summed E-state index contributed by atoms with van der Waals surface area (Å²) < 4.78 is 1.97. The van der Waals surface area contributed by atoms with E-state index in [9.17, 15) is 4.79 Å². The van der Waals surface area contributed by atoms with E-state index in [0.717, 1.165) is 23.4 Å². The van der Waals surface area contributed by atoms with E-state index in [0.29, 0.717) is 21.9 Å². The Bertz CT molecular complexity index is 1340. The number of thioether (sulfide) groups is 1. The summed E-state index contributed by atoms with van der Waals surface area (Å²) in [6.45, 7) is 11.0. The van der Waals surface area contributed by atoms with Crippen LogP contribution < -0.4 is 5.32 Å². The van der Waals surface area contributed by atoms with E-state index in [4.69, 9.17) is 11.6 Å². The molecule has 192 valence electrons. The molecule has 0 fully saturated rings. The normalized spacial score (nSPS) is 12.4. The molecule has 0 aliphatic heterocycles. The van der Waals surface area contributed by atoms with Gasteiger partial charge in [0.05, 0.1) is 5.75 Å². The van der Waals surface area contributed by atoms with Crippen LogP contribution in [0.25, 0.3) is 17.1 Å². The summed E-state index contributed by atoms with van der Waals surface area (Å²) in [6.07, 6.45) is 1.08. The summed E-state index contributed by atoms with van der Waals surface area (Å²) in [4.78, 5) is 12.8. The van der Waals surface area contributed by atoms with E-state index in [1.165, 1.54) is 22.9 Å². The molecule has 1 heterocycles. The van der Waals surface area contributed by atoms with Gasteiger partial charge in [0.2, 0.25) is 5.91 Å². The predicted octanol–water partition coefficient (Wildman–Crippen LogP) is 8.13. The van der Waals surface area contributed by atoms with Crippen molar-refractivity contribution in [2.24, 2.45) is 0 Å². The highest BCUT2D eigenvalue weighted by Crippen LogP contribution is 2.31. The highest BCUT2D eigenvalue weighted by molar-refractivity contribution is 7.99. The highest BCUT2D eigenvalue weighted by Gasteiger charge is 2.19. The molecule has 0 radical (unpaired) electrons. The average Bonchev–Trinajstić information content (AvgIpc) is 3.31. The zero-order valence-electron chi connectivity index (χ0n) is 22.0. The summed E-state index contributed by atoms with van der Waals surface area (Å²) in [5.74, 6) is 1.33. The SMILES string of the molecule is CC[C@@H](C)c1ccc(NC(=O)CSc2nnc(-c3ccc(C(C)(C)C)cc3)n2-c2ccc(Cl)cc2)cc1. The molecule has 0 bridgehead atoms.